The third kappa shape index (κ3) is 7.23. The molecule has 3 nitrogen and oxygen atoms in total. The van der Waals surface area contributed by atoms with Crippen LogP contribution < -0.4 is 10.6 Å². The summed E-state index contributed by atoms with van der Waals surface area (Å²) in [5, 5.41) is 6.48. The molecule has 24 heavy (non-hydrogen) atoms. The number of nitrogens with one attached hydrogen (secondary N) is 2. The fourth-order valence-corrected chi connectivity index (χ4v) is 3.05. The highest BCUT2D eigenvalue weighted by atomic mass is 35.5. The first-order valence-electron chi connectivity index (χ1n) is 9.04. The molecule has 1 fully saturated rings. The Labute approximate surface area is 153 Å². The number of unbranched alkanes of at least 4 members (excludes halogenated alkanes) is 1. The van der Waals surface area contributed by atoms with Crippen LogP contribution in [0.5, 0.6) is 0 Å². The Kier molecular flexibility index (Phi) is 8.79. The van der Waals surface area contributed by atoms with Crippen LogP contribution in [0.1, 0.15) is 64.0 Å². The standard InChI is InChI=1S/C20H32N2O.ClH/c1-20(2,3)17-10-8-16(9-11-17)6-4-5-7-19(23)22-18-12-14-21-15-13-18;/h8-11,18,21H,4-7,12-15H2,1-3H3,(H,22,23);1H. The van der Waals surface area contributed by atoms with E-state index in [0.29, 0.717) is 12.5 Å². The van der Waals surface area contributed by atoms with Crippen molar-refractivity contribution in [3.8, 4) is 0 Å². The molecule has 136 valence electrons. The molecule has 1 aromatic carbocycles. The number of rotatable bonds is 6. The highest BCUT2D eigenvalue weighted by molar-refractivity contribution is 5.85. The van der Waals surface area contributed by atoms with Gasteiger partial charge in [-0.2, -0.15) is 0 Å². The molecule has 0 spiro atoms. The van der Waals surface area contributed by atoms with Gasteiger partial charge in [0, 0.05) is 12.5 Å². The van der Waals surface area contributed by atoms with Crippen molar-refractivity contribution in [2.24, 2.45) is 0 Å². The van der Waals surface area contributed by atoms with Crippen molar-refractivity contribution in [2.75, 3.05) is 13.1 Å². The van der Waals surface area contributed by atoms with Crippen molar-refractivity contribution in [1.82, 2.24) is 10.6 Å². The van der Waals surface area contributed by atoms with Crippen LogP contribution in [0.15, 0.2) is 24.3 Å². The highest BCUT2D eigenvalue weighted by Gasteiger charge is 2.15. The SMILES string of the molecule is CC(C)(C)c1ccc(CCCCC(=O)NC2CCNCC2)cc1.Cl. The van der Waals surface area contributed by atoms with Crippen LogP contribution in [0.4, 0.5) is 0 Å². The van der Waals surface area contributed by atoms with E-state index in [0.717, 1.165) is 45.2 Å². The lowest BCUT2D eigenvalue weighted by atomic mass is 9.86. The zero-order valence-electron chi connectivity index (χ0n) is 15.4. The van der Waals surface area contributed by atoms with Crippen molar-refractivity contribution in [1.29, 1.82) is 0 Å². The van der Waals surface area contributed by atoms with E-state index in [1.54, 1.807) is 0 Å². The summed E-state index contributed by atoms with van der Waals surface area (Å²) in [6.45, 7) is 8.76. The number of benzene rings is 1. The smallest absolute Gasteiger partial charge is 0.220 e. The first kappa shape index (κ1) is 21.0. The van der Waals surface area contributed by atoms with Crippen LogP contribution in [0.3, 0.4) is 0 Å². The molecule has 0 unspecified atom stereocenters. The van der Waals surface area contributed by atoms with Crippen LogP contribution in [0.2, 0.25) is 0 Å². The van der Waals surface area contributed by atoms with Gasteiger partial charge in [0.1, 0.15) is 0 Å². The molecular weight excluding hydrogens is 320 g/mol. The minimum atomic E-state index is 0. The van der Waals surface area contributed by atoms with E-state index in [4.69, 9.17) is 0 Å². The minimum absolute atomic E-state index is 0. The molecule has 2 N–H and O–H groups in total. The summed E-state index contributed by atoms with van der Waals surface area (Å²) in [5.74, 6) is 0.222. The van der Waals surface area contributed by atoms with Gasteiger partial charge in [0.25, 0.3) is 0 Å². The maximum atomic E-state index is 11.9. The van der Waals surface area contributed by atoms with Crippen molar-refractivity contribution in [3.63, 3.8) is 0 Å². The molecule has 1 amide bonds. The molecule has 1 heterocycles. The molecular formula is C20H33ClN2O. The highest BCUT2D eigenvalue weighted by Crippen LogP contribution is 2.22. The molecule has 0 saturated carbocycles. The zero-order valence-corrected chi connectivity index (χ0v) is 16.2. The monoisotopic (exact) mass is 352 g/mol. The number of amides is 1. The summed E-state index contributed by atoms with van der Waals surface area (Å²) in [6.07, 6.45) is 5.89. The van der Waals surface area contributed by atoms with E-state index >= 15 is 0 Å². The first-order chi connectivity index (χ1) is 10.9. The van der Waals surface area contributed by atoms with Gasteiger partial charge in [-0.1, -0.05) is 45.0 Å². The second-order valence-electron chi connectivity index (χ2n) is 7.75. The van der Waals surface area contributed by atoms with Gasteiger partial charge in [-0.05, 0) is 61.7 Å². The average Bonchev–Trinajstić information content (AvgIpc) is 2.52. The van der Waals surface area contributed by atoms with Gasteiger partial charge >= 0.3 is 0 Å². The number of aryl methyl sites for hydroxylation is 1. The Morgan fingerprint density at radius 2 is 1.75 bits per heavy atom. The topological polar surface area (TPSA) is 41.1 Å². The van der Waals surface area contributed by atoms with Gasteiger partial charge in [-0.3, -0.25) is 4.79 Å². The predicted molar refractivity (Wildman–Crippen MR) is 104 cm³/mol. The summed E-state index contributed by atoms with van der Waals surface area (Å²) in [4.78, 5) is 11.9. The molecule has 1 aliphatic heterocycles. The lowest BCUT2D eigenvalue weighted by Crippen LogP contribution is -2.42. The maximum absolute atomic E-state index is 11.9. The Hall–Kier alpha value is -1.06. The number of halogens is 1. The fourth-order valence-electron chi connectivity index (χ4n) is 3.05. The molecule has 1 saturated heterocycles. The van der Waals surface area contributed by atoms with Crippen LogP contribution in [0, 0.1) is 0 Å². The van der Waals surface area contributed by atoms with E-state index in [2.05, 4.69) is 55.7 Å². The number of carbonyl (C=O) groups excluding carboxylic acids is 1. The van der Waals surface area contributed by atoms with Crippen molar-refractivity contribution in [2.45, 2.75) is 70.8 Å². The van der Waals surface area contributed by atoms with Crippen LogP contribution in [-0.4, -0.2) is 25.0 Å². The molecule has 1 aromatic rings. The molecule has 0 radical (unpaired) electrons. The number of piperidine rings is 1. The first-order valence-corrected chi connectivity index (χ1v) is 9.04. The van der Waals surface area contributed by atoms with Gasteiger partial charge in [-0.25, -0.2) is 0 Å². The molecule has 2 rings (SSSR count). The van der Waals surface area contributed by atoms with Crippen LogP contribution >= 0.6 is 12.4 Å². The molecule has 0 bridgehead atoms. The van der Waals surface area contributed by atoms with Crippen molar-refractivity contribution in [3.05, 3.63) is 35.4 Å². The number of hydrogen-bond donors (Lipinski definition) is 2. The van der Waals surface area contributed by atoms with Gasteiger partial charge in [0.15, 0.2) is 0 Å². The maximum Gasteiger partial charge on any atom is 0.220 e. The average molecular weight is 353 g/mol. The summed E-state index contributed by atoms with van der Waals surface area (Å²) in [7, 11) is 0. The Balaban J connectivity index is 0.00000288. The summed E-state index contributed by atoms with van der Waals surface area (Å²) in [5.41, 5.74) is 2.96. The normalized spacial score (nSPS) is 15.6. The summed E-state index contributed by atoms with van der Waals surface area (Å²) in [6, 6.07) is 9.32. The Morgan fingerprint density at radius 3 is 2.33 bits per heavy atom. The quantitative estimate of drug-likeness (QED) is 0.760. The molecule has 1 aliphatic rings. The Morgan fingerprint density at radius 1 is 1.12 bits per heavy atom. The van der Waals surface area contributed by atoms with Gasteiger partial charge in [0.2, 0.25) is 5.91 Å². The molecule has 0 aromatic heterocycles. The molecule has 0 atom stereocenters. The molecule has 0 aliphatic carbocycles. The predicted octanol–water partition coefficient (Wildman–Crippen LogP) is 3.99. The van der Waals surface area contributed by atoms with Crippen LogP contribution in [0.25, 0.3) is 0 Å². The largest absolute Gasteiger partial charge is 0.353 e. The number of hydrogen-bond acceptors (Lipinski definition) is 2. The van der Waals surface area contributed by atoms with Crippen LogP contribution in [-0.2, 0) is 16.6 Å². The van der Waals surface area contributed by atoms with E-state index < -0.39 is 0 Å². The zero-order chi connectivity index (χ0) is 16.7. The fraction of sp³-hybridized carbons (Fsp3) is 0.650. The third-order valence-electron chi connectivity index (χ3n) is 4.64. The van der Waals surface area contributed by atoms with E-state index in [-0.39, 0.29) is 23.7 Å². The van der Waals surface area contributed by atoms with E-state index in [9.17, 15) is 4.79 Å². The van der Waals surface area contributed by atoms with Crippen molar-refractivity contribution < 1.29 is 4.79 Å². The third-order valence-corrected chi connectivity index (χ3v) is 4.64. The lowest BCUT2D eigenvalue weighted by Gasteiger charge is -2.23. The summed E-state index contributed by atoms with van der Waals surface area (Å²) >= 11 is 0. The second-order valence-corrected chi connectivity index (χ2v) is 7.75. The number of carbonyl (C=O) groups is 1. The Bertz CT molecular complexity index is 487. The molecule has 4 heteroatoms. The van der Waals surface area contributed by atoms with Gasteiger partial charge < -0.3 is 10.6 Å². The van der Waals surface area contributed by atoms with Crippen molar-refractivity contribution >= 4 is 18.3 Å². The van der Waals surface area contributed by atoms with Gasteiger partial charge in [0.05, 0.1) is 0 Å². The van der Waals surface area contributed by atoms with Gasteiger partial charge in [-0.15, -0.1) is 12.4 Å². The minimum Gasteiger partial charge on any atom is -0.353 e. The van der Waals surface area contributed by atoms with E-state index in [1.165, 1.54) is 11.1 Å². The van der Waals surface area contributed by atoms with E-state index in [1.807, 2.05) is 0 Å². The second kappa shape index (κ2) is 10.0. The lowest BCUT2D eigenvalue weighted by molar-refractivity contribution is -0.122. The summed E-state index contributed by atoms with van der Waals surface area (Å²) < 4.78 is 0.